The van der Waals surface area contributed by atoms with Gasteiger partial charge in [-0.2, -0.15) is 0 Å². The predicted molar refractivity (Wildman–Crippen MR) is 102 cm³/mol. The number of nitrogens with one attached hydrogen (secondary N) is 2. The van der Waals surface area contributed by atoms with Crippen LogP contribution in [0.1, 0.15) is 43.0 Å². The van der Waals surface area contributed by atoms with Crippen LogP contribution in [0.5, 0.6) is 0 Å². The van der Waals surface area contributed by atoms with E-state index < -0.39 is 0 Å². The summed E-state index contributed by atoms with van der Waals surface area (Å²) in [6.45, 7) is 5.64. The molecule has 0 unspecified atom stereocenters. The zero-order valence-corrected chi connectivity index (χ0v) is 16.2. The summed E-state index contributed by atoms with van der Waals surface area (Å²) in [5.41, 5.74) is 0.557. The molecule has 1 aliphatic heterocycles. The minimum Gasteiger partial charge on any atom is -0.348 e. The van der Waals surface area contributed by atoms with Gasteiger partial charge in [-0.3, -0.25) is 9.59 Å². The van der Waals surface area contributed by atoms with Crippen LogP contribution in [0.3, 0.4) is 0 Å². The van der Waals surface area contributed by atoms with Crippen LogP contribution in [0, 0.1) is 5.92 Å². The van der Waals surface area contributed by atoms with E-state index >= 15 is 0 Å². The van der Waals surface area contributed by atoms with Gasteiger partial charge in [0.2, 0.25) is 0 Å². The summed E-state index contributed by atoms with van der Waals surface area (Å²) < 4.78 is 0. The fraction of sp³-hybridized carbons (Fsp3) is 0.600. The zero-order valence-electron chi connectivity index (χ0n) is 15.5. The van der Waals surface area contributed by atoms with E-state index in [2.05, 4.69) is 12.2 Å². The van der Waals surface area contributed by atoms with Crippen LogP contribution in [0.2, 0.25) is 5.02 Å². The normalized spacial score (nSPS) is 24.3. The molecular weight excluding hydrogens is 350 g/mol. The monoisotopic (exact) mass is 378 g/mol. The Balaban J connectivity index is 1.45. The maximum atomic E-state index is 12.6. The van der Waals surface area contributed by atoms with Crippen LogP contribution in [-0.2, 0) is 4.79 Å². The molecule has 1 aliphatic carbocycles. The van der Waals surface area contributed by atoms with Crippen molar-refractivity contribution in [3.8, 4) is 0 Å². The van der Waals surface area contributed by atoms with Crippen molar-refractivity contribution in [1.82, 2.24) is 10.2 Å². The van der Waals surface area contributed by atoms with E-state index in [0.717, 1.165) is 19.5 Å². The van der Waals surface area contributed by atoms with E-state index in [9.17, 15) is 9.59 Å². The number of piperazine rings is 1. The molecule has 1 saturated heterocycles. The van der Waals surface area contributed by atoms with Crippen LogP contribution in [0.4, 0.5) is 0 Å². The maximum absolute atomic E-state index is 12.6. The maximum Gasteiger partial charge on any atom is 0.275 e. The highest BCUT2D eigenvalue weighted by atomic mass is 35.5. The van der Waals surface area contributed by atoms with Gasteiger partial charge >= 0.3 is 0 Å². The molecule has 1 saturated carbocycles. The first-order valence-electron chi connectivity index (χ1n) is 9.71. The lowest BCUT2D eigenvalue weighted by Crippen LogP contribution is -3.16. The average molecular weight is 379 g/mol. The van der Waals surface area contributed by atoms with Crippen molar-refractivity contribution in [3.63, 3.8) is 0 Å². The Hall–Kier alpha value is -1.59. The number of nitrogens with zero attached hydrogens (tertiary/aromatic N) is 1. The summed E-state index contributed by atoms with van der Waals surface area (Å²) >= 11 is 6.13. The van der Waals surface area contributed by atoms with E-state index in [1.807, 2.05) is 17.0 Å². The zero-order chi connectivity index (χ0) is 18.5. The van der Waals surface area contributed by atoms with Crippen LogP contribution in [0.25, 0.3) is 0 Å². The molecule has 0 bridgehead atoms. The smallest absolute Gasteiger partial charge is 0.275 e. The number of quaternary nitrogens is 1. The number of hydrogen-bond donors (Lipinski definition) is 2. The fourth-order valence-electron chi connectivity index (χ4n) is 4.02. The van der Waals surface area contributed by atoms with Gasteiger partial charge in [-0.25, -0.2) is 0 Å². The van der Waals surface area contributed by atoms with Crippen molar-refractivity contribution in [2.45, 2.75) is 38.6 Å². The van der Waals surface area contributed by atoms with Gasteiger partial charge in [0.05, 0.1) is 36.8 Å². The number of carbonyl (C=O) groups is 2. The van der Waals surface area contributed by atoms with Gasteiger partial charge in [0.25, 0.3) is 11.8 Å². The Morgan fingerprint density at radius 1 is 1.19 bits per heavy atom. The van der Waals surface area contributed by atoms with Gasteiger partial charge < -0.3 is 15.1 Å². The fourth-order valence-corrected chi connectivity index (χ4v) is 4.24. The van der Waals surface area contributed by atoms with Gasteiger partial charge in [0.1, 0.15) is 0 Å². The second-order valence-electron chi connectivity index (χ2n) is 7.63. The lowest BCUT2D eigenvalue weighted by molar-refractivity contribution is -0.896. The van der Waals surface area contributed by atoms with E-state index in [-0.39, 0.29) is 11.8 Å². The molecule has 2 aliphatic rings. The molecule has 2 amide bonds. The molecule has 6 heteroatoms. The summed E-state index contributed by atoms with van der Waals surface area (Å²) in [7, 11) is 0. The Morgan fingerprint density at radius 3 is 2.58 bits per heavy atom. The average Bonchev–Trinajstić information content (AvgIpc) is 2.64. The van der Waals surface area contributed by atoms with Gasteiger partial charge in [-0.05, 0) is 30.9 Å². The third-order valence-corrected chi connectivity index (χ3v) is 6.06. The summed E-state index contributed by atoms with van der Waals surface area (Å²) in [4.78, 5) is 28.1. The van der Waals surface area contributed by atoms with Gasteiger partial charge in [0.15, 0.2) is 6.54 Å². The van der Waals surface area contributed by atoms with Crippen molar-refractivity contribution in [1.29, 1.82) is 0 Å². The summed E-state index contributed by atoms with van der Waals surface area (Å²) in [5, 5.41) is 3.72. The Morgan fingerprint density at radius 2 is 1.88 bits per heavy atom. The van der Waals surface area contributed by atoms with Crippen molar-refractivity contribution in [2.75, 3.05) is 32.7 Å². The lowest BCUT2D eigenvalue weighted by atomic mass is 9.86. The SMILES string of the molecule is C[C@@H]1CCCC[C@@H]1NC(=O)C[NH+]1CCN(C(=O)c2ccccc2Cl)CC1. The molecule has 0 aromatic heterocycles. The molecule has 26 heavy (non-hydrogen) atoms. The Labute approximate surface area is 160 Å². The minimum atomic E-state index is -0.0184. The van der Waals surface area contributed by atoms with E-state index in [4.69, 9.17) is 11.6 Å². The number of hydrogen-bond acceptors (Lipinski definition) is 2. The first kappa shape index (κ1) is 19.2. The first-order chi connectivity index (χ1) is 12.5. The summed E-state index contributed by atoms with van der Waals surface area (Å²) in [6, 6.07) is 7.50. The topological polar surface area (TPSA) is 53.9 Å². The largest absolute Gasteiger partial charge is 0.348 e. The van der Waals surface area contributed by atoms with E-state index in [1.54, 1.807) is 12.1 Å². The molecule has 0 radical (unpaired) electrons. The van der Waals surface area contributed by atoms with Crippen LogP contribution < -0.4 is 10.2 Å². The minimum absolute atomic E-state index is 0.0184. The quantitative estimate of drug-likeness (QED) is 0.831. The predicted octanol–water partition coefficient (Wildman–Crippen LogP) is 1.38. The molecule has 0 spiro atoms. The van der Waals surface area contributed by atoms with Crippen molar-refractivity contribution >= 4 is 23.4 Å². The molecule has 142 valence electrons. The van der Waals surface area contributed by atoms with Crippen LogP contribution in [-0.4, -0.2) is 55.5 Å². The Kier molecular flexibility index (Phi) is 6.54. The van der Waals surface area contributed by atoms with E-state index in [1.165, 1.54) is 24.2 Å². The molecule has 1 aromatic rings. The lowest BCUT2D eigenvalue weighted by Gasteiger charge is -2.33. The van der Waals surface area contributed by atoms with Gasteiger partial charge in [-0.15, -0.1) is 0 Å². The van der Waals surface area contributed by atoms with Crippen molar-refractivity contribution in [2.24, 2.45) is 5.92 Å². The Bertz CT molecular complexity index is 644. The highest BCUT2D eigenvalue weighted by Crippen LogP contribution is 2.23. The molecule has 2 fully saturated rings. The second-order valence-corrected chi connectivity index (χ2v) is 8.04. The molecule has 2 atom stereocenters. The highest BCUT2D eigenvalue weighted by molar-refractivity contribution is 6.33. The molecule has 1 heterocycles. The number of benzene rings is 1. The first-order valence-corrected chi connectivity index (χ1v) is 10.1. The highest BCUT2D eigenvalue weighted by Gasteiger charge is 2.28. The standard InChI is InChI=1S/C20H28ClN3O2/c1-15-6-2-5-9-18(15)22-19(25)14-23-10-12-24(13-11-23)20(26)16-7-3-4-8-17(16)21/h3-4,7-8,15,18H,2,5-6,9-14H2,1H3,(H,22,25)/p+1/t15-,18+/m1/s1. The van der Waals surface area contributed by atoms with E-state index in [0.29, 0.717) is 42.2 Å². The summed E-state index contributed by atoms with van der Waals surface area (Å²) in [6.07, 6.45) is 4.80. The second kappa shape index (κ2) is 8.87. The number of halogens is 1. The molecule has 5 nitrogen and oxygen atoms in total. The number of rotatable bonds is 4. The van der Waals surface area contributed by atoms with Crippen LogP contribution >= 0.6 is 11.6 Å². The van der Waals surface area contributed by atoms with Crippen LogP contribution in [0.15, 0.2) is 24.3 Å². The number of amides is 2. The van der Waals surface area contributed by atoms with Crippen molar-refractivity contribution < 1.29 is 14.5 Å². The third-order valence-electron chi connectivity index (χ3n) is 5.73. The molecule has 1 aromatic carbocycles. The summed E-state index contributed by atoms with van der Waals surface area (Å²) in [5.74, 6) is 0.701. The van der Waals surface area contributed by atoms with Crippen molar-refractivity contribution in [3.05, 3.63) is 34.9 Å². The molecule has 3 rings (SSSR count). The molecule has 2 N–H and O–H groups in total. The third kappa shape index (κ3) is 4.77. The van der Waals surface area contributed by atoms with Gasteiger partial charge in [-0.1, -0.05) is 43.5 Å². The number of carbonyl (C=O) groups excluding carboxylic acids is 2. The van der Waals surface area contributed by atoms with Gasteiger partial charge in [0, 0.05) is 6.04 Å². The molecular formula is C20H29ClN3O2+.